The molecule has 0 unspecified atom stereocenters. The minimum absolute atomic E-state index is 0.143. The Hall–Kier alpha value is -3.21. The quantitative estimate of drug-likeness (QED) is 0.607. The summed E-state index contributed by atoms with van der Waals surface area (Å²) < 4.78 is 1.41. The van der Waals surface area contributed by atoms with Crippen LogP contribution >= 0.6 is 0 Å². The molecule has 2 aromatic carbocycles. The van der Waals surface area contributed by atoms with Crippen molar-refractivity contribution in [2.75, 3.05) is 5.32 Å². The zero-order valence-corrected chi connectivity index (χ0v) is 15.7. The number of aromatic nitrogens is 1. The third-order valence-corrected chi connectivity index (χ3v) is 4.61. The molecule has 0 aliphatic carbocycles. The number of carbonyl (C=O) groups is 1. The summed E-state index contributed by atoms with van der Waals surface area (Å²) in [5.41, 5.74) is 3.29. The monoisotopic (exact) mass is 364 g/mol. The standard InChI is InChI=1S/C22H24N2O3/c1-4-15-8-7-9-16(12-15)24-13-19(25)20(22(24)27)21(26)23-18-11-6-5-10-17(18)14(2)3/h5-14,25,27H,4H2,1-3H3,(H,23,26). The molecule has 1 aromatic heterocycles. The second kappa shape index (κ2) is 7.58. The summed E-state index contributed by atoms with van der Waals surface area (Å²) in [6, 6.07) is 15.1. The molecule has 5 nitrogen and oxygen atoms in total. The third-order valence-electron chi connectivity index (χ3n) is 4.61. The number of hydrogen-bond donors (Lipinski definition) is 3. The average molecular weight is 364 g/mol. The number of aromatic hydroxyl groups is 2. The molecule has 1 amide bonds. The number of para-hydroxylation sites is 1. The van der Waals surface area contributed by atoms with Gasteiger partial charge in [0.1, 0.15) is 11.3 Å². The van der Waals surface area contributed by atoms with Gasteiger partial charge in [-0.3, -0.25) is 9.36 Å². The van der Waals surface area contributed by atoms with Gasteiger partial charge >= 0.3 is 0 Å². The topological polar surface area (TPSA) is 74.5 Å². The van der Waals surface area contributed by atoms with Gasteiger partial charge in [0.15, 0.2) is 0 Å². The number of benzene rings is 2. The highest BCUT2D eigenvalue weighted by atomic mass is 16.3. The smallest absolute Gasteiger partial charge is 0.264 e. The predicted octanol–water partition coefficient (Wildman–Crippen LogP) is 4.83. The minimum Gasteiger partial charge on any atom is -0.505 e. The summed E-state index contributed by atoms with van der Waals surface area (Å²) in [4.78, 5) is 12.8. The van der Waals surface area contributed by atoms with Gasteiger partial charge in [-0.25, -0.2) is 0 Å². The van der Waals surface area contributed by atoms with Gasteiger partial charge in [-0.05, 0) is 41.7 Å². The van der Waals surface area contributed by atoms with Crippen molar-refractivity contribution in [1.29, 1.82) is 0 Å². The van der Waals surface area contributed by atoms with Crippen molar-refractivity contribution in [3.63, 3.8) is 0 Å². The summed E-state index contributed by atoms with van der Waals surface area (Å²) in [7, 11) is 0. The van der Waals surface area contributed by atoms with Crippen molar-refractivity contribution < 1.29 is 15.0 Å². The summed E-state index contributed by atoms with van der Waals surface area (Å²) in [6.07, 6.45) is 2.20. The van der Waals surface area contributed by atoms with Crippen LogP contribution in [0.5, 0.6) is 11.6 Å². The van der Waals surface area contributed by atoms with Crippen molar-refractivity contribution >= 4 is 11.6 Å². The number of amides is 1. The molecule has 0 atom stereocenters. The van der Waals surface area contributed by atoms with Crippen LogP contribution in [0.3, 0.4) is 0 Å². The molecule has 140 valence electrons. The molecule has 0 fully saturated rings. The molecule has 5 heteroatoms. The fourth-order valence-electron chi connectivity index (χ4n) is 3.12. The molecule has 0 aliphatic rings. The number of hydrogen-bond acceptors (Lipinski definition) is 3. The second-order valence-electron chi connectivity index (χ2n) is 6.80. The summed E-state index contributed by atoms with van der Waals surface area (Å²) >= 11 is 0. The van der Waals surface area contributed by atoms with E-state index in [0.717, 1.165) is 17.5 Å². The van der Waals surface area contributed by atoms with Crippen LogP contribution in [-0.4, -0.2) is 20.7 Å². The molecule has 0 aliphatic heterocycles. The highest BCUT2D eigenvalue weighted by Gasteiger charge is 2.23. The van der Waals surface area contributed by atoms with E-state index in [1.165, 1.54) is 10.8 Å². The van der Waals surface area contributed by atoms with E-state index in [0.29, 0.717) is 11.4 Å². The number of rotatable bonds is 5. The maximum absolute atomic E-state index is 12.8. The molecule has 0 saturated carbocycles. The van der Waals surface area contributed by atoms with Gasteiger partial charge < -0.3 is 15.5 Å². The number of nitrogens with zero attached hydrogens (tertiary/aromatic N) is 1. The molecule has 1 heterocycles. The van der Waals surface area contributed by atoms with Crippen LogP contribution in [0, 0.1) is 0 Å². The number of anilines is 1. The maximum atomic E-state index is 12.8. The van der Waals surface area contributed by atoms with Crippen LogP contribution < -0.4 is 5.32 Å². The molecule has 0 spiro atoms. The number of nitrogens with one attached hydrogen (secondary N) is 1. The Kier molecular flexibility index (Phi) is 5.21. The van der Waals surface area contributed by atoms with Crippen molar-refractivity contribution in [1.82, 2.24) is 4.57 Å². The van der Waals surface area contributed by atoms with Gasteiger partial charge in [-0.15, -0.1) is 0 Å². The maximum Gasteiger partial charge on any atom is 0.264 e. The summed E-state index contributed by atoms with van der Waals surface area (Å²) in [5.74, 6) is -0.886. The van der Waals surface area contributed by atoms with E-state index >= 15 is 0 Å². The van der Waals surface area contributed by atoms with E-state index in [1.54, 1.807) is 0 Å². The Morgan fingerprint density at radius 3 is 2.56 bits per heavy atom. The second-order valence-corrected chi connectivity index (χ2v) is 6.80. The molecular formula is C22H24N2O3. The molecule has 3 N–H and O–H groups in total. The van der Waals surface area contributed by atoms with E-state index in [9.17, 15) is 15.0 Å². The van der Waals surface area contributed by atoms with Crippen LogP contribution in [0.25, 0.3) is 5.69 Å². The van der Waals surface area contributed by atoms with Crippen molar-refractivity contribution in [3.8, 4) is 17.3 Å². The Morgan fingerprint density at radius 1 is 1.11 bits per heavy atom. The molecule has 0 radical (unpaired) electrons. The van der Waals surface area contributed by atoms with Gasteiger partial charge in [-0.2, -0.15) is 0 Å². The largest absolute Gasteiger partial charge is 0.505 e. The SMILES string of the molecule is CCc1cccc(-n2cc(O)c(C(=O)Nc3ccccc3C(C)C)c2O)c1. The zero-order valence-electron chi connectivity index (χ0n) is 15.7. The predicted molar refractivity (Wildman–Crippen MR) is 107 cm³/mol. The number of aryl methyl sites for hydroxylation is 1. The van der Waals surface area contributed by atoms with Gasteiger partial charge in [0.25, 0.3) is 5.91 Å². The Bertz CT molecular complexity index is 973. The minimum atomic E-state index is -0.552. The lowest BCUT2D eigenvalue weighted by Crippen LogP contribution is -2.13. The van der Waals surface area contributed by atoms with Crippen LogP contribution in [0.4, 0.5) is 5.69 Å². The average Bonchev–Trinajstić information content (AvgIpc) is 2.96. The molecule has 0 saturated heterocycles. The van der Waals surface area contributed by atoms with Gasteiger partial charge in [-0.1, -0.05) is 51.1 Å². The lowest BCUT2D eigenvalue weighted by atomic mass is 10.0. The first-order valence-corrected chi connectivity index (χ1v) is 9.05. The zero-order chi connectivity index (χ0) is 19.6. The highest BCUT2D eigenvalue weighted by molar-refractivity contribution is 6.08. The molecule has 27 heavy (non-hydrogen) atoms. The molecule has 0 bridgehead atoms. The van der Waals surface area contributed by atoms with E-state index in [2.05, 4.69) is 5.32 Å². The number of carbonyl (C=O) groups excluding carboxylic acids is 1. The lowest BCUT2D eigenvalue weighted by molar-refractivity contribution is 0.102. The Morgan fingerprint density at radius 2 is 1.85 bits per heavy atom. The molecular weight excluding hydrogens is 340 g/mol. The van der Waals surface area contributed by atoms with E-state index in [1.807, 2.05) is 69.3 Å². The van der Waals surface area contributed by atoms with Crippen LogP contribution in [0.15, 0.2) is 54.7 Å². The fraction of sp³-hybridized carbons (Fsp3) is 0.227. The van der Waals surface area contributed by atoms with Crippen molar-refractivity contribution in [2.24, 2.45) is 0 Å². The molecule has 3 aromatic rings. The van der Waals surface area contributed by atoms with Crippen LogP contribution in [0.2, 0.25) is 0 Å². The Labute approximate surface area is 158 Å². The Balaban J connectivity index is 1.96. The van der Waals surface area contributed by atoms with Gasteiger partial charge in [0, 0.05) is 11.4 Å². The van der Waals surface area contributed by atoms with E-state index < -0.39 is 5.91 Å². The lowest BCUT2D eigenvalue weighted by Gasteiger charge is -2.13. The highest BCUT2D eigenvalue weighted by Crippen LogP contribution is 2.34. The van der Waals surface area contributed by atoms with Crippen molar-refractivity contribution in [2.45, 2.75) is 33.1 Å². The third kappa shape index (κ3) is 3.67. The summed E-state index contributed by atoms with van der Waals surface area (Å²) in [6.45, 7) is 6.12. The van der Waals surface area contributed by atoms with E-state index in [-0.39, 0.29) is 23.1 Å². The normalized spacial score (nSPS) is 11.0. The first kappa shape index (κ1) is 18.6. The van der Waals surface area contributed by atoms with Gasteiger partial charge in [0.05, 0.1) is 6.20 Å². The molecule has 3 rings (SSSR count). The van der Waals surface area contributed by atoms with Crippen molar-refractivity contribution in [3.05, 3.63) is 71.4 Å². The van der Waals surface area contributed by atoms with Gasteiger partial charge in [0.2, 0.25) is 5.88 Å². The van der Waals surface area contributed by atoms with E-state index in [4.69, 9.17) is 0 Å². The first-order valence-electron chi connectivity index (χ1n) is 9.05. The van der Waals surface area contributed by atoms with Crippen LogP contribution in [0.1, 0.15) is 48.2 Å². The fourth-order valence-corrected chi connectivity index (χ4v) is 3.12. The van der Waals surface area contributed by atoms with Crippen LogP contribution in [-0.2, 0) is 6.42 Å². The summed E-state index contributed by atoms with van der Waals surface area (Å²) in [5, 5.41) is 23.7. The first-order chi connectivity index (χ1) is 12.9.